The fraction of sp³-hybridized carbons (Fsp3) is 0.719. The van der Waals surface area contributed by atoms with Crippen molar-refractivity contribution in [2.24, 2.45) is 11.3 Å². The number of aromatic nitrogens is 1. The molecular formula is C32H48N4O6S2. The van der Waals surface area contributed by atoms with E-state index in [-0.39, 0.29) is 45.6 Å². The summed E-state index contributed by atoms with van der Waals surface area (Å²) in [7, 11) is 0. The van der Waals surface area contributed by atoms with Crippen LogP contribution in [0.5, 0.6) is 0 Å². The molecule has 1 spiro atoms. The average molecular weight is 649 g/mol. The number of hydrogen-bond acceptors (Lipinski definition) is 8. The molecule has 0 aromatic carbocycles. The van der Waals surface area contributed by atoms with E-state index in [1.807, 2.05) is 27.7 Å². The molecule has 2 aliphatic heterocycles. The Bertz CT molecular complexity index is 1280. The highest BCUT2D eigenvalue weighted by atomic mass is 32.2. The minimum atomic E-state index is -1.03. The van der Waals surface area contributed by atoms with Crippen LogP contribution in [0.3, 0.4) is 0 Å². The number of nitrogens with one attached hydrogen (secondary N) is 3. The number of carbonyl (C=O) groups is 5. The van der Waals surface area contributed by atoms with Gasteiger partial charge in [0.25, 0.3) is 0 Å². The quantitative estimate of drug-likeness (QED) is 0.272. The molecule has 2 amide bonds. The van der Waals surface area contributed by atoms with Gasteiger partial charge in [-0.15, -0.1) is 23.5 Å². The number of hydrogen-bond donors (Lipinski definition) is 4. The molecule has 0 radical (unpaired) electrons. The number of thioether (sulfide) groups is 2. The van der Waals surface area contributed by atoms with Crippen LogP contribution in [0.2, 0.25) is 0 Å². The molecular weight excluding hydrogens is 601 g/mol. The highest BCUT2D eigenvalue weighted by Crippen LogP contribution is 2.50. The van der Waals surface area contributed by atoms with Crippen molar-refractivity contribution >= 4 is 52.9 Å². The summed E-state index contributed by atoms with van der Waals surface area (Å²) in [4.78, 5) is 70.8. The van der Waals surface area contributed by atoms with Crippen LogP contribution in [-0.2, 0) is 14.4 Å². The lowest BCUT2D eigenvalue weighted by Gasteiger charge is -2.38. The van der Waals surface area contributed by atoms with Gasteiger partial charge in [0.05, 0.1) is 22.4 Å². The van der Waals surface area contributed by atoms with Gasteiger partial charge in [-0.25, -0.2) is 4.79 Å². The molecule has 0 unspecified atom stereocenters. The summed E-state index contributed by atoms with van der Waals surface area (Å²) in [6.07, 6.45) is 6.09. The Kier molecular flexibility index (Phi) is 11.0. The highest BCUT2D eigenvalue weighted by molar-refractivity contribution is 8.18. The number of rotatable bonds is 10. The zero-order valence-electron chi connectivity index (χ0n) is 26.8. The minimum Gasteiger partial charge on any atom is -0.480 e. The number of carbonyl (C=O) groups excluding carboxylic acids is 4. The third-order valence-electron chi connectivity index (χ3n) is 9.30. The topological polar surface area (TPSA) is 149 Å². The number of aryl methyl sites for hydroxylation is 1. The number of likely N-dealkylation sites (tertiary alicyclic amines) is 1. The van der Waals surface area contributed by atoms with Crippen LogP contribution >= 0.6 is 23.5 Å². The molecule has 1 aromatic heterocycles. The third kappa shape index (κ3) is 7.55. The standard InChI is InChI=1S/C32H48N4O6S2/c1-18-19(2)34-26(24(18)20(3)37)23(38)16-33-25(21-11-8-7-9-12-21)28(39)35-27(31(4,5)6)29(40)36-17-32(15-22(36)30(41)42)43-13-10-14-44-32/h21-22,25,27,33-34H,7-17H2,1-6H3,(H,35,39)(H,41,42)/t22-,25-,27+/m0/s1. The zero-order chi connectivity index (χ0) is 32.4. The van der Waals surface area contributed by atoms with Gasteiger partial charge in [-0.2, -0.15) is 0 Å². The Morgan fingerprint density at radius 3 is 2.25 bits per heavy atom. The third-order valence-corrected chi connectivity index (χ3v) is 12.6. The Labute approximate surface area is 269 Å². The van der Waals surface area contributed by atoms with Gasteiger partial charge in [0.2, 0.25) is 11.8 Å². The Balaban J connectivity index is 1.55. The number of carboxylic acids is 1. The van der Waals surface area contributed by atoms with E-state index in [1.165, 1.54) is 11.8 Å². The van der Waals surface area contributed by atoms with E-state index in [1.54, 1.807) is 30.4 Å². The summed E-state index contributed by atoms with van der Waals surface area (Å²) in [6, 6.07) is -2.62. The molecule has 3 heterocycles. The van der Waals surface area contributed by atoms with E-state index >= 15 is 0 Å². The second kappa shape index (κ2) is 14.0. The molecule has 244 valence electrons. The number of H-pyrrole nitrogens is 1. The van der Waals surface area contributed by atoms with Crippen LogP contribution in [0.15, 0.2) is 0 Å². The van der Waals surface area contributed by atoms with Crippen molar-refractivity contribution in [1.82, 2.24) is 20.5 Å². The van der Waals surface area contributed by atoms with Crippen molar-refractivity contribution in [2.45, 2.75) is 109 Å². The van der Waals surface area contributed by atoms with Crippen molar-refractivity contribution in [1.29, 1.82) is 0 Å². The number of Topliss-reactive ketones (excluding diaryl/α,β-unsaturated/α-hetero) is 2. The number of carboxylic acid groups (broad SMARTS) is 1. The Hall–Kier alpha value is -2.31. The molecule has 3 atom stereocenters. The first-order chi connectivity index (χ1) is 20.6. The van der Waals surface area contributed by atoms with Crippen LogP contribution in [0.1, 0.15) is 105 Å². The zero-order valence-corrected chi connectivity index (χ0v) is 28.5. The van der Waals surface area contributed by atoms with Crippen molar-refractivity contribution in [3.05, 3.63) is 22.5 Å². The van der Waals surface area contributed by atoms with E-state index in [0.29, 0.717) is 18.5 Å². The van der Waals surface area contributed by atoms with E-state index in [9.17, 15) is 29.1 Å². The number of aliphatic carboxylic acids is 1. The second-order valence-corrected chi connectivity index (χ2v) is 16.9. The summed E-state index contributed by atoms with van der Waals surface area (Å²) >= 11 is 3.48. The SMILES string of the molecule is CC(=O)c1c(C(=O)CN[C@H](C(=O)N[C@H](C(=O)N2CC3(C[C@H]2C(=O)O)SCCCS3)C(C)(C)C)C2CCCCC2)[nH]c(C)c1C. The molecule has 1 aromatic rings. The smallest absolute Gasteiger partial charge is 0.326 e. The summed E-state index contributed by atoms with van der Waals surface area (Å²) in [5.74, 6) is -0.443. The van der Waals surface area contributed by atoms with Crippen molar-refractivity contribution in [2.75, 3.05) is 24.6 Å². The van der Waals surface area contributed by atoms with Crippen molar-refractivity contribution in [3.8, 4) is 0 Å². The van der Waals surface area contributed by atoms with Gasteiger partial charge in [0, 0.05) is 24.2 Å². The van der Waals surface area contributed by atoms with Crippen LogP contribution < -0.4 is 10.6 Å². The Morgan fingerprint density at radius 1 is 1.05 bits per heavy atom. The van der Waals surface area contributed by atoms with E-state index in [4.69, 9.17) is 0 Å². The van der Waals surface area contributed by atoms with Crippen molar-refractivity contribution < 1.29 is 29.1 Å². The molecule has 1 saturated carbocycles. The number of nitrogens with zero attached hydrogens (tertiary/aromatic N) is 1. The van der Waals surface area contributed by atoms with Crippen LogP contribution in [0.25, 0.3) is 0 Å². The van der Waals surface area contributed by atoms with Gasteiger partial charge in [-0.3, -0.25) is 24.5 Å². The molecule has 4 N–H and O–H groups in total. The molecule has 4 rings (SSSR count). The second-order valence-electron chi connectivity index (χ2n) is 13.7. The highest BCUT2D eigenvalue weighted by Gasteiger charge is 2.52. The first-order valence-corrected chi connectivity index (χ1v) is 17.7. The first kappa shape index (κ1) is 34.6. The largest absolute Gasteiger partial charge is 0.480 e. The number of aromatic amines is 1. The predicted octanol–water partition coefficient (Wildman–Crippen LogP) is 4.34. The van der Waals surface area contributed by atoms with Gasteiger partial charge in [0.15, 0.2) is 11.6 Å². The van der Waals surface area contributed by atoms with Crippen molar-refractivity contribution in [3.63, 3.8) is 0 Å². The molecule has 10 nitrogen and oxygen atoms in total. The maximum Gasteiger partial charge on any atom is 0.326 e. The minimum absolute atomic E-state index is 0.0245. The summed E-state index contributed by atoms with van der Waals surface area (Å²) in [5, 5.41) is 16.3. The van der Waals surface area contributed by atoms with Gasteiger partial charge >= 0.3 is 5.97 Å². The molecule has 3 fully saturated rings. The molecule has 0 bridgehead atoms. The van der Waals surface area contributed by atoms with Crippen LogP contribution in [-0.4, -0.2) is 91.1 Å². The van der Waals surface area contributed by atoms with Gasteiger partial charge in [0.1, 0.15) is 12.1 Å². The van der Waals surface area contributed by atoms with E-state index < -0.39 is 29.5 Å². The molecule has 44 heavy (non-hydrogen) atoms. The monoisotopic (exact) mass is 648 g/mol. The fourth-order valence-corrected chi connectivity index (χ4v) is 10.1. The molecule has 2 saturated heterocycles. The van der Waals surface area contributed by atoms with E-state index in [2.05, 4.69) is 15.6 Å². The van der Waals surface area contributed by atoms with Gasteiger partial charge < -0.3 is 20.3 Å². The lowest BCUT2D eigenvalue weighted by Crippen LogP contribution is -2.61. The molecule has 12 heteroatoms. The van der Waals surface area contributed by atoms with Gasteiger partial charge in [-0.1, -0.05) is 40.0 Å². The summed E-state index contributed by atoms with van der Waals surface area (Å²) < 4.78 is -0.344. The maximum absolute atomic E-state index is 14.2. The lowest BCUT2D eigenvalue weighted by atomic mass is 9.82. The summed E-state index contributed by atoms with van der Waals surface area (Å²) in [6.45, 7) is 10.8. The molecule has 1 aliphatic carbocycles. The van der Waals surface area contributed by atoms with Crippen LogP contribution in [0.4, 0.5) is 0 Å². The van der Waals surface area contributed by atoms with Crippen LogP contribution in [0, 0.1) is 25.2 Å². The molecule has 3 aliphatic rings. The maximum atomic E-state index is 14.2. The normalized spacial score (nSPS) is 22.0. The lowest BCUT2D eigenvalue weighted by molar-refractivity contribution is -0.151. The fourth-order valence-electron chi connectivity index (χ4n) is 6.76. The van der Waals surface area contributed by atoms with E-state index in [0.717, 1.165) is 61.3 Å². The predicted molar refractivity (Wildman–Crippen MR) is 174 cm³/mol. The first-order valence-electron chi connectivity index (χ1n) is 15.7. The number of ketones is 2. The Morgan fingerprint density at radius 2 is 1.68 bits per heavy atom. The van der Waals surface area contributed by atoms with Gasteiger partial charge in [-0.05, 0) is 68.4 Å². The average Bonchev–Trinajstić information content (AvgIpc) is 3.49. The summed E-state index contributed by atoms with van der Waals surface area (Å²) in [5.41, 5.74) is 1.41. The number of amides is 2.